The number of benzene rings is 1. The minimum Gasteiger partial charge on any atom is -0.490 e. The molecule has 0 bridgehead atoms. The van der Waals surface area contributed by atoms with E-state index in [4.69, 9.17) is 4.74 Å². The highest BCUT2D eigenvalue weighted by molar-refractivity contribution is 6.09. The van der Waals surface area contributed by atoms with E-state index in [1.807, 2.05) is 24.3 Å². The predicted octanol–water partition coefficient (Wildman–Crippen LogP) is 1.38. The van der Waals surface area contributed by atoms with Crippen LogP contribution in [0.5, 0.6) is 5.75 Å². The molecule has 1 spiro atoms. The molecule has 0 saturated carbocycles. The highest BCUT2D eigenvalue weighted by atomic mass is 16.5. The number of ketones is 1. The Morgan fingerprint density at radius 2 is 2.33 bits per heavy atom. The fourth-order valence-corrected chi connectivity index (χ4v) is 2.36. The summed E-state index contributed by atoms with van der Waals surface area (Å²) in [5, 5.41) is 3.25. The molecule has 0 aliphatic carbocycles. The SMILES string of the molecule is CC[C@H]1N[C@]12COc1ccccc1C2=O. The van der Waals surface area contributed by atoms with Gasteiger partial charge in [0.1, 0.15) is 17.9 Å². The zero-order valence-electron chi connectivity index (χ0n) is 8.62. The summed E-state index contributed by atoms with van der Waals surface area (Å²) >= 11 is 0. The molecule has 1 aromatic carbocycles. The molecule has 1 saturated heterocycles. The second kappa shape index (κ2) is 2.83. The van der Waals surface area contributed by atoms with Crippen LogP contribution in [0.15, 0.2) is 24.3 Å². The normalized spacial score (nSPS) is 32.3. The minimum absolute atomic E-state index is 0.191. The summed E-state index contributed by atoms with van der Waals surface area (Å²) < 4.78 is 5.62. The van der Waals surface area contributed by atoms with Crippen LogP contribution in [0.2, 0.25) is 0 Å². The maximum Gasteiger partial charge on any atom is 0.191 e. The summed E-state index contributed by atoms with van der Waals surface area (Å²) in [6, 6.07) is 7.75. The standard InChI is InChI=1S/C12H13NO2/c1-2-10-12(13-10)7-15-9-6-4-3-5-8(9)11(12)14/h3-6,10,13H,2,7H2,1H3/t10-,12-/m1/s1. The molecule has 0 amide bonds. The van der Waals surface area contributed by atoms with Crippen LogP contribution in [0.4, 0.5) is 0 Å². The topological polar surface area (TPSA) is 48.2 Å². The van der Waals surface area contributed by atoms with Gasteiger partial charge >= 0.3 is 0 Å². The van der Waals surface area contributed by atoms with Gasteiger partial charge in [-0.25, -0.2) is 0 Å². The first-order chi connectivity index (χ1) is 7.28. The molecule has 0 unspecified atom stereocenters. The van der Waals surface area contributed by atoms with Crippen molar-refractivity contribution in [3.63, 3.8) is 0 Å². The summed E-state index contributed by atoms with van der Waals surface area (Å²) in [5.74, 6) is 0.910. The molecule has 1 aromatic rings. The zero-order valence-corrected chi connectivity index (χ0v) is 8.62. The number of hydrogen-bond donors (Lipinski definition) is 1. The van der Waals surface area contributed by atoms with Crippen LogP contribution in [0, 0.1) is 0 Å². The van der Waals surface area contributed by atoms with E-state index in [-0.39, 0.29) is 5.78 Å². The van der Waals surface area contributed by atoms with Gasteiger partial charge in [-0.05, 0) is 18.6 Å². The molecular formula is C12H13NO2. The van der Waals surface area contributed by atoms with E-state index < -0.39 is 5.54 Å². The Balaban J connectivity index is 2.01. The number of Topliss-reactive ketones (excluding diaryl/α,β-unsaturated/α-hetero) is 1. The monoisotopic (exact) mass is 203 g/mol. The van der Waals surface area contributed by atoms with Gasteiger partial charge in [-0.3, -0.25) is 10.1 Å². The van der Waals surface area contributed by atoms with Gasteiger partial charge in [0.05, 0.1) is 5.56 Å². The second-order valence-electron chi connectivity index (χ2n) is 4.19. The number of nitrogens with one attached hydrogen (secondary N) is 1. The van der Waals surface area contributed by atoms with Crippen molar-refractivity contribution in [1.82, 2.24) is 5.32 Å². The predicted molar refractivity (Wildman–Crippen MR) is 56.2 cm³/mol. The number of fused-ring (bicyclic) bond motifs is 1. The van der Waals surface area contributed by atoms with Gasteiger partial charge in [0, 0.05) is 6.04 Å². The maximum atomic E-state index is 12.2. The van der Waals surface area contributed by atoms with Crippen LogP contribution in [-0.2, 0) is 0 Å². The van der Waals surface area contributed by atoms with E-state index in [0.29, 0.717) is 18.2 Å². The van der Waals surface area contributed by atoms with Crippen molar-refractivity contribution < 1.29 is 9.53 Å². The lowest BCUT2D eigenvalue weighted by Crippen LogP contribution is -2.40. The van der Waals surface area contributed by atoms with Gasteiger partial charge in [0.15, 0.2) is 5.78 Å². The largest absolute Gasteiger partial charge is 0.490 e. The van der Waals surface area contributed by atoms with E-state index in [1.54, 1.807) is 0 Å². The van der Waals surface area contributed by atoms with Crippen molar-refractivity contribution in [3.8, 4) is 5.75 Å². The van der Waals surface area contributed by atoms with Gasteiger partial charge in [-0.1, -0.05) is 19.1 Å². The summed E-state index contributed by atoms with van der Waals surface area (Å²) in [4.78, 5) is 12.2. The Bertz CT molecular complexity index is 429. The number of carbonyl (C=O) groups is 1. The first-order valence-electron chi connectivity index (χ1n) is 5.32. The van der Waals surface area contributed by atoms with Gasteiger partial charge in [0.25, 0.3) is 0 Å². The Morgan fingerprint density at radius 3 is 3.07 bits per heavy atom. The van der Waals surface area contributed by atoms with Gasteiger partial charge in [-0.2, -0.15) is 0 Å². The quantitative estimate of drug-likeness (QED) is 0.701. The molecule has 0 aromatic heterocycles. The third-order valence-corrected chi connectivity index (χ3v) is 3.34. The second-order valence-corrected chi connectivity index (χ2v) is 4.19. The zero-order chi connectivity index (χ0) is 10.5. The molecule has 3 heteroatoms. The lowest BCUT2D eigenvalue weighted by atomic mass is 9.91. The fourth-order valence-electron chi connectivity index (χ4n) is 2.36. The molecular weight excluding hydrogens is 190 g/mol. The third-order valence-electron chi connectivity index (χ3n) is 3.34. The summed E-state index contributed by atoms with van der Waals surface area (Å²) in [6.45, 7) is 2.56. The Hall–Kier alpha value is -1.35. The van der Waals surface area contributed by atoms with E-state index in [1.165, 1.54) is 0 Å². The summed E-state index contributed by atoms with van der Waals surface area (Å²) in [6.07, 6.45) is 0.970. The Morgan fingerprint density at radius 1 is 1.53 bits per heavy atom. The van der Waals surface area contributed by atoms with Gasteiger partial charge < -0.3 is 4.74 Å². The number of hydrogen-bond acceptors (Lipinski definition) is 3. The van der Waals surface area contributed by atoms with Crippen molar-refractivity contribution in [2.24, 2.45) is 0 Å². The number of carbonyl (C=O) groups excluding carboxylic acids is 1. The fraction of sp³-hybridized carbons (Fsp3) is 0.417. The Kier molecular flexibility index (Phi) is 1.68. The van der Waals surface area contributed by atoms with Crippen molar-refractivity contribution in [2.45, 2.75) is 24.9 Å². The molecule has 3 nitrogen and oxygen atoms in total. The van der Waals surface area contributed by atoms with Crippen LogP contribution >= 0.6 is 0 Å². The molecule has 1 fully saturated rings. The van der Waals surface area contributed by atoms with E-state index in [2.05, 4.69) is 12.2 Å². The van der Waals surface area contributed by atoms with Crippen LogP contribution in [-0.4, -0.2) is 24.0 Å². The van der Waals surface area contributed by atoms with Crippen molar-refractivity contribution in [2.75, 3.05) is 6.61 Å². The molecule has 2 aliphatic heterocycles. The minimum atomic E-state index is -0.414. The van der Waals surface area contributed by atoms with Crippen LogP contribution in [0.25, 0.3) is 0 Å². The molecule has 1 N–H and O–H groups in total. The molecule has 3 rings (SSSR count). The number of ether oxygens (including phenoxy) is 1. The van der Waals surface area contributed by atoms with Gasteiger partial charge in [0.2, 0.25) is 0 Å². The smallest absolute Gasteiger partial charge is 0.191 e. The molecule has 0 radical (unpaired) electrons. The van der Waals surface area contributed by atoms with Crippen LogP contribution < -0.4 is 10.1 Å². The lowest BCUT2D eigenvalue weighted by Gasteiger charge is -2.23. The van der Waals surface area contributed by atoms with E-state index in [9.17, 15) is 4.79 Å². The first kappa shape index (κ1) is 8.92. The molecule has 2 aliphatic rings. The van der Waals surface area contributed by atoms with E-state index >= 15 is 0 Å². The summed E-state index contributed by atoms with van der Waals surface area (Å²) in [5.41, 5.74) is 0.301. The lowest BCUT2D eigenvalue weighted by molar-refractivity contribution is 0.0865. The highest BCUT2D eigenvalue weighted by Crippen LogP contribution is 2.39. The Labute approximate surface area is 88.4 Å². The summed E-state index contributed by atoms with van der Waals surface area (Å²) in [7, 11) is 0. The number of rotatable bonds is 1. The molecule has 2 atom stereocenters. The maximum absolute atomic E-state index is 12.2. The highest BCUT2D eigenvalue weighted by Gasteiger charge is 2.61. The number of para-hydroxylation sites is 1. The molecule has 15 heavy (non-hydrogen) atoms. The third kappa shape index (κ3) is 1.07. The van der Waals surface area contributed by atoms with Crippen LogP contribution in [0.3, 0.4) is 0 Å². The van der Waals surface area contributed by atoms with Crippen molar-refractivity contribution >= 4 is 5.78 Å². The van der Waals surface area contributed by atoms with Crippen molar-refractivity contribution in [1.29, 1.82) is 0 Å². The van der Waals surface area contributed by atoms with Crippen LogP contribution in [0.1, 0.15) is 23.7 Å². The first-order valence-corrected chi connectivity index (χ1v) is 5.32. The average Bonchev–Trinajstić information content (AvgIpc) is 2.99. The van der Waals surface area contributed by atoms with Gasteiger partial charge in [-0.15, -0.1) is 0 Å². The molecule has 78 valence electrons. The average molecular weight is 203 g/mol. The molecule has 2 heterocycles. The van der Waals surface area contributed by atoms with Crippen molar-refractivity contribution in [3.05, 3.63) is 29.8 Å². The van der Waals surface area contributed by atoms with E-state index in [0.717, 1.165) is 12.2 Å².